The van der Waals surface area contributed by atoms with Gasteiger partial charge in [0.05, 0.1) is 0 Å². The highest BCUT2D eigenvalue weighted by Crippen LogP contribution is 2.44. The number of nitrogens with one attached hydrogen (secondary N) is 1. The maximum Gasteiger partial charge on any atom is 0.292 e. The lowest BCUT2D eigenvalue weighted by Crippen LogP contribution is -2.41. The molecule has 0 heterocycles. The lowest BCUT2D eigenvalue weighted by molar-refractivity contribution is -0.118. The molecule has 0 aliphatic heterocycles. The van der Waals surface area contributed by atoms with Crippen LogP contribution in [0.4, 0.5) is 0 Å². The maximum atomic E-state index is 12.3. The third kappa shape index (κ3) is 3.40. The number of carbonyl (C=O) groups is 2. The molecule has 3 nitrogen and oxygen atoms in total. The first kappa shape index (κ1) is 15.3. The van der Waals surface area contributed by atoms with Crippen LogP contribution in [-0.2, 0) is 10.2 Å². The Morgan fingerprint density at radius 1 is 1.00 bits per heavy atom. The van der Waals surface area contributed by atoms with E-state index < -0.39 is 11.7 Å². The van der Waals surface area contributed by atoms with Gasteiger partial charge < -0.3 is 5.32 Å². The van der Waals surface area contributed by atoms with Crippen LogP contribution < -0.4 is 5.32 Å². The van der Waals surface area contributed by atoms with E-state index in [1.54, 1.807) is 12.1 Å². The Balaban J connectivity index is 1.66. The van der Waals surface area contributed by atoms with Crippen LogP contribution in [0.25, 0.3) is 0 Å². The van der Waals surface area contributed by atoms with E-state index in [1.165, 1.54) is 31.2 Å². The van der Waals surface area contributed by atoms with Gasteiger partial charge in [-0.15, -0.1) is 0 Å². The Morgan fingerprint density at radius 2 is 1.50 bits per heavy atom. The molecule has 0 spiro atoms. The van der Waals surface area contributed by atoms with Crippen molar-refractivity contribution in [3.63, 3.8) is 0 Å². The van der Waals surface area contributed by atoms with Crippen LogP contribution >= 0.6 is 0 Å². The Labute approximate surface area is 132 Å². The number of hydrogen-bond acceptors (Lipinski definition) is 2. The number of ketones is 1. The number of rotatable bonds is 5. The lowest BCUT2D eigenvalue weighted by atomic mass is 9.86. The summed E-state index contributed by atoms with van der Waals surface area (Å²) in [6, 6.07) is 7.65. The molecule has 1 amide bonds. The average Bonchev–Trinajstić information content (AvgIpc) is 3.36. The molecule has 2 saturated carbocycles. The number of Topliss-reactive ketones (excluding diaryl/α,β-unsaturated/α-hetero) is 1. The summed E-state index contributed by atoms with van der Waals surface area (Å²) in [6.07, 6.45) is 4.76. The highest BCUT2D eigenvalue weighted by atomic mass is 16.2. The third-order valence-corrected chi connectivity index (χ3v) is 4.78. The number of hydrogen-bond donors (Lipinski definition) is 1. The van der Waals surface area contributed by atoms with E-state index in [0.717, 1.165) is 0 Å². The van der Waals surface area contributed by atoms with Crippen LogP contribution in [0.1, 0.15) is 62.4 Å². The molecule has 22 heavy (non-hydrogen) atoms. The minimum absolute atomic E-state index is 0.0485. The van der Waals surface area contributed by atoms with Crippen molar-refractivity contribution in [1.29, 1.82) is 0 Å². The molecule has 0 saturated heterocycles. The number of carbonyl (C=O) groups excluding carboxylic acids is 2. The molecule has 1 aromatic carbocycles. The highest BCUT2D eigenvalue weighted by Gasteiger charge is 2.42. The molecular formula is C19H25NO2. The van der Waals surface area contributed by atoms with Gasteiger partial charge in [-0.3, -0.25) is 9.59 Å². The van der Waals surface area contributed by atoms with Gasteiger partial charge in [-0.2, -0.15) is 0 Å². The molecule has 1 N–H and O–H groups in total. The van der Waals surface area contributed by atoms with Crippen molar-refractivity contribution in [1.82, 2.24) is 5.32 Å². The second kappa shape index (κ2) is 5.53. The van der Waals surface area contributed by atoms with Crippen LogP contribution in [0.15, 0.2) is 24.3 Å². The normalized spacial score (nSPS) is 18.4. The summed E-state index contributed by atoms with van der Waals surface area (Å²) in [5.41, 5.74) is 1.70. The zero-order valence-electron chi connectivity index (χ0n) is 13.7. The van der Waals surface area contributed by atoms with Crippen LogP contribution in [0.2, 0.25) is 0 Å². The van der Waals surface area contributed by atoms with Crippen molar-refractivity contribution < 1.29 is 9.59 Å². The van der Waals surface area contributed by atoms with Crippen molar-refractivity contribution in [3.8, 4) is 0 Å². The molecular weight excluding hydrogens is 274 g/mol. The summed E-state index contributed by atoms with van der Waals surface area (Å²) in [5, 5.41) is 3.00. The molecule has 2 aliphatic rings. The first-order chi connectivity index (χ1) is 10.4. The van der Waals surface area contributed by atoms with Gasteiger partial charge >= 0.3 is 0 Å². The molecule has 2 aliphatic carbocycles. The Hall–Kier alpha value is -1.64. The second-order valence-electron chi connectivity index (χ2n) is 7.83. The number of amides is 1. The van der Waals surface area contributed by atoms with Crippen LogP contribution in [0.5, 0.6) is 0 Å². The van der Waals surface area contributed by atoms with E-state index in [0.29, 0.717) is 17.4 Å². The molecule has 3 heteroatoms. The average molecular weight is 299 g/mol. The van der Waals surface area contributed by atoms with E-state index in [1.807, 2.05) is 12.1 Å². The van der Waals surface area contributed by atoms with Gasteiger partial charge in [-0.25, -0.2) is 0 Å². The fraction of sp³-hybridized carbons (Fsp3) is 0.579. The molecule has 0 unspecified atom stereocenters. The predicted octanol–water partition coefficient (Wildman–Crippen LogP) is 3.47. The Kier molecular flexibility index (Phi) is 3.84. The SMILES string of the molecule is CC(C)(C)c1ccc(C(=O)C(=O)NC(C2CC2)C2CC2)cc1. The third-order valence-electron chi connectivity index (χ3n) is 4.78. The van der Waals surface area contributed by atoms with Crippen LogP contribution in [0.3, 0.4) is 0 Å². The molecule has 1 aromatic rings. The molecule has 0 bridgehead atoms. The van der Waals surface area contributed by atoms with Gasteiger partial charge in [0.2, 0.25) is 5.78 Å². The number of benzene rings is 1. The Bertz CT molecular complexity index is 562. The van der Waals surface area contributed by atoms with Crippen LogP contribution in [0, 0.1) is 11.8 Å². The van der Waals surface area contributed by atoms with E-state index in [2.05, 4.69) is 26.1 Å². The summed E-state index contributed by atoms with van der Waals surface area (Å²) in [5.74, 6) is 0.360. The smallest absolute Gasteiger partial charge is 0.292 e. The van der Waals surface area contributed by atoms with Gasteiger partial charge in [-0.05, 0) is 48.5 Å². The van der Waals surface area contributed by atoms with Gasteiger partial charge in [0.1, 0.15) is 0 Å². The molecule has 0 radical (unpaired) electrons. The fourth-order valence-corrected chi connectivity index (χ4v) is 3.00. The summed E-state index contributed by atoms with van der Waals surface area (Å²) in [6.45, 7) is 6.39. The zero-order chi connectivity index (χ0) is 15.9. The zero-order valence-corrected chi connectivity index (χ0v) is 13.7. The minimum atomic E-state index is -0.438. The molecule has 3 rings (SSSR count). The first-order valence-corrected chi connectivity index (χ1v) is 8.32. The molecule has 0 atom stereocenters. The monoisotopic (exact) mass is 299 g/mol. The van der Waals surface area contributed by atoms with Gasteiger partial charge in [0, 0.05) is 11.6 Å². The Morgan fingerprint density at radius 3 is 1.91 bits per heavy atom. The van der Waals surface area contributed by atoms with Crippen LogP contribution in [-0.4, -0.2) is 17.7 Å². The first-order valence-electron chi connectivity index (χ1n) is 8.32. The van der Waals surface area contributed by atoms with Gasteiger partial charge in [0.15, 0.2) is 0 Å². The molecule has 2 fully saturated rings. The van der Waals surface area contributed by atoms with Gasteiger partial charge in [0.25, 0.3) is 5.91 Å². The van der Waals surface area contributed by atoms with E-state index in [-0.39, 0.29) is 11.5 Å². The highest BCUT2D eigenvalue weighted by molar-refractivity contribution is 6.42. The predicted molar refractivity (Wildman–Crippen MR) is 86.9 cm³/mol. The van der Waals surface area contributed by atoms with E-state index in [4.69, 9.17) is 0 Å². The summed E-state index contributed by atoms with van der Waals surface area (Å²) in [4.78, 5) is 24.6. The summed E-state index contributed by atoms with van der Waals surface area (Å²) in [7, 11) is 0. The van der Waals surface area contributed by atoms with E-state index >= 15 is 0 Å². The quantitative estimate of drug-likeness (QED) is 0.668. The van der Waals surface area contributed by atoms with E-state index in [9.17, 15) is 9.59 Å². The second-order valence-corrected chi connectivity index (χ2v) is 7.83. The van der Waals surface area contributed by atoms with Crippen molar-refractivity contribution in [3.05, 3.63) is 35.4 Å². The largest absolute Gasteiger partial charge is 0.346 e. The topological polar surface area (TPSA) is 46.2 Å². The van der Waals surface area contributed by atoms with Crippen molar-refractivity contribution in [2.75, 3.05) is 0 Å². The summed E-state index contributed by atoms with van der Waals surface area (Å²) < 4.78 is 0. The minimum Gasteiger partial charge on any atom is -0.346 e. The van der Waals surface area contributed by atoms with Crippen molar-refractivity contribution in [2.45, 2.75) is 57.9 Å². The maximum absolute atomic E-state index is 12.3. The molecule has 118 valence electrons. The lowest BCUT2D eigenvalue weighted by Gasteiger charge is -2.19. The fourth-order valence-electron chi connectivity index (χ4n) is 3.00. The molecule has 0 aromatic heterocycles. The van der Waals surface area contributed by atoms with Crippen molar-refractivity contribution in [2.24, 2.45) is 11.8 Å². The standard InChI is InChI=1S/C19H25NO2/c1-19(2,3)15-10-8-14(9-11-15)17(21)18(22)20-16(12-4-5-12)13-6-7-13/h8-13,16H,4-7H2,1-3H3,(H,20,22). The van der Waals surface area contributed by atoms with Crippen molar-refractivity contribution >= 4 is 11.7 Å². The summed E-state index contributed by atoms with van der Waals surface area (Å²) >= 11 is 0. The van der Waals surface area contributed by atoms with Gasteiger partial charge in [-0.1, -0.05) is 45.0 Å².